The summed E-state index contributed by atoms with van der Waals surface area (Å²) in [6.45, 7) is 6.47. The number of nitrogens with zero attached hydrogens (tertiary/aromatic N) is 2. The first-order valence-electron chi connectivity index (χ1n) is 5.36. The molecular weight excluding hydrogens is 204 g/mol. The molecule has 1 aliphatic heterocycles. The van der Waals surface area contributed by atoms with Crippen LogP contribution in [0.15, 0.2) is 17.1 Å². The molecule has 1 aromatic rings. The van der Waals surface area contributed by atoms with Gasteiger partial charge in [0.25, 0.3) is 0 Å². The number of aliphatic hydroxyl groups excluding tert-OH is 1. The van der Waals surface area contributed by atoms with Crippen molar-refractivity contribution in [3.8, 4) is 5.88 Å². The van der Waals surface area contributed by atoms with Crippen LogP contribution >= 0.6 is 0 Å². The van der Waals surface area contributed by atoms with Crippen molar-refractivity contribution in [3.05, 3.63) is 17.8 Å². The molecule has 1 aromatic heterocycles. The minimum absolute atomic E-state index is 0.00230. The van der Waals surface area contributed by atoms with E-state index < -0.39 is 0 Å². The molecule has 0 radical (unpaired) electrons. The smallest absolute Gasteiger partial charge is 0.213 e. The lowest BCUT2D eigenvalue weighted by Gasteiger charge is -2.18. The molecule has 16 heavy (non-hydrogen) atoms. The van der Waals surface area contributed by atoms with E-state index in [0.29, 0.717) is 5.88 Å². The first-order chi connectivity index (χ1) is 7.55. The fourth-order valence-corrected chi connectivity index (χ4v) is 1.71. The van der Waals surface area contributed by atoms with Crippen LogP contribution in [0.1, 0.15) is 26.5 Å². The molecule has 0 atom stereocenters. The van der Waals surface area contributed by atoms with E-state index in [1.807, 2.05) is 13.0 Å². The van der Waals surface area contributed by atoms with Crippen LogP contribution in [0.3, 0.4) is 0 Å². The van der Waals surface area contributed by atoms with Gasteiger partial charge in [-0.1, -0.05) is 0 Å². The number of aliphatic hydroxyl groups is 1. The second-order valence-electron chi connectivity index (χ2n) is 4.41. The van der Waals surface area contributed by atoms with Crippen LogP contribution in [-0.2, 0) is 5.41 Å². The van der Waals surface area contributed by atoms with Gasteiger partial charge in [0, 0.05) is 17.2 Å². The highest BCUT2D eigenvalue weighted by molar-refractivity contribution is 5.98. The molecule has 0 spiro atoms. The van der Waals surface area contributed by atoms with Crippen molar-refractivity contribution in [3.63, 3.8) is 0 Å². The third-order valence-corrected chi connectivity index (χ3v) is 2.97. The highest BCUT2D eigenvalue weighted by atomic mass is 16.5. The van der Waals surface area contributed by atoms with E-state index in [0.717, 1.165) is 17.1 Å². The molecule has 2 heterocycles. The Kier molecular flexibility index (Phi) is 2.68. The minimum atomic E-state index is -0.131. The Hall–Kier alpha value is -1.42. The standard InChI is InChI=1S/C12H16N2O2/c1-8-12(2,3)11-9(13-8)4-5-10(14-11)16-7-6-15/h4-5,15H,6-7H2,1-3H3. The van der Waals surface area contributed by atoms with Crippen molar-refractivity contribution in [1.29, 1.82) is 0 Å². The summed E-state index contributed by atoms with van der Waals surface area (Å²) in [6.07, 6.45) is 0. The van der Waals surface area contributed by atoms with E-state index in [2.05, 4.69) is 23.8 Å². The summed E-state index contributed by atoms with van der Waals surface area (Å²) in [7, 11) is 0. The summed E-state index contributed by atoms with van der Waals surface area (Å²) < 4.78 is 5.30. The Morgan fingerprint density at radius 1 is 1.38 bits per heavy atom. The zero-order chi connectivity index (χ0) is 11.8. The van der Waals surface area contributed by atoms with Crippen LogP contribution in [-0.4, -0.2) is 29.0 Å². The zero-order valence-corrected chi connectivity index (χ0v) is 9.82. The fraction of sp³-hybridized carbons (Fsp3) is 0.500. The maximum Gasteiger partial charge on any atom is 0.213 e. The Labute approximate surface area is 95.0 Å². The van der Waals surface area contributed by atoms with Gasteiger partial charge in [-0.2, -0.15) is 0 Å². The Balaban J connectivity index is 2.33. The number of rotatable bonds is 3. The molecule has 0 bridgehead atoms. The first kappa shape index (κ1) is 11.1. The quantitative estimate of drug-likeness (QED) is 0.845. The molecule has 0 aliphatic carbocycles. The molecule has 0 saturated carbocycles. The maximum absolute atomic E-state index is 8.69. The van der Waals surface area contributed by atoms with Gasteiger partial charge in [-0.15, -0.1) is 0 Å². The summed E-state index contributed by atoms with van der Waals surface area (Å²) in [5.74, 6) is 0.547. The van der Waals surface area contributed by atoms with E-state index in [-0.39, 0.29) is 18.6 Å². The van der Waals surface area contributed by atoms with Crippen LogP contribution in [0.2, 0.25) is 0 Å². The second kappa shape index (κ2) is 3.87. The van der Waals surface area contributed by atoms with Gasteiger partial charge in [0.1, 0.15) is 6.61 Å². The van der Waals surface area contributed by atoms with Crippen LogP contribution in [0, 0.1) is 0 Å². The summed E-state index contributed by atoms with van der Waals surface area (Å²) in [4.78, 5) is 8.92. The van der Waals surface area contributed by atoms with E-state index in [4.69, 9.17) is 9.84 Å². The van der Waals surface area contributed by atoms with Gasteiger partial charge in [-0.25, -0.2) is 4.98 Å². The first-order valence-corrected chi connectivity index (χ1v) is 5.36. The van der Waals surface area contributed by atoms with Gasteiger partial charge >= 0.3 is 0 Å². The molecular formula is C12H16N2O2. The van der Waals surface area contributed by atoms with Crippen molar-refractivity contribution < 1.29 is 9.84 Å². The van der Waals surface area contributed by atoms with Crippen LogP contribution < -0.4 is 4.74 Å². The van der Waals surface area contributed by atoms with Crippen LogP contribution in [0.25, 0.3) is 0 Å². The Morgan fingerprint density at radius 2 is 2.12 bits per heavy atom. The molecule has 0 unspecified atom stereocenters. The normalized spacial score (nSPS) is 16.9. The number of ether oxygens (including phenoxy) is 1. The average molecular weight is 220 g/mol. The third kappa shape index (κ3) is 1.69. The Morgan fingerprint density at radius 3 is 2.81 bits per heavy atom. The van der Waals surface area contributed by atoms with Crippen molar-refractivity contribution >= 4 is 11.4 Å². The lowest BCUT2D eigenvalue weighted by atomic mass is 9.86. The van der Waals surface area contributed by atoms with Crippen molar-refractivity contribution in [2.75, 3.05) is 13.2 Å². The largest absolute Gasteiger partial charge is 0.475 e. The lowest BCUT2D eigenvalue weighted by Crippen LogP contribution is -2.24. The number of fused-ring (bicyclic) bond motifs is 1. The number of aliphatic imine (C=N–C) groups is 1. The van der Waals surface area contributed by atoms with E-state index >= 15 is 0 Å². The van der Waals surface area contributed by atoms with Gasteiger partial charge in [0.05, 0.1) is 18.0 Å². The molecule has 1 aliphatic rings. The van der Waals surface area contributed by atoms with Gasteiger partial charge in [-0.05, 0) is 26.8 Å². The molecule has 86 valence electrons. The molecule has 4 heteroatoms. The van der Waals surface area contributed by atoms with E-state index in [1.54, 1.807) is 6.07 Å². The molecule has 0 saturated heterocycles. The summed E-state index contributed by atoms with van der Waals surface area (Å²) in [5, 5.41) is 8.69. The highest BCUT2D eigenvalue weighted by Gasteiger charge is 2.34. The highest BCUT2D eigenvalue weighted by Crippen LogP contribution is 2.39. The average Bonchev–Trinajstić information content (AvgIpc) is 2.48. The van der Waals surface area contributed by atoms with Crippen LogP contribution in [0.5, 0.6) is 5.88 Å². The van der Waals surface area contributed by atoms with Crippen molar-refractivity contribution in [2.24, 2.45) is 4.99 Å². The Bertz CT molecular complexity index is 439. The van der Waals surface area contributed by atoms with Crippen molar-refractivity contribution in [2.45, 2.75) is 26.2 Å². The molecule has 0 aromatic carbocycles. The summed E-state index contributed by atoms with van der Waals surface area (Å²) >= 11 is 0. The second-order valence-corrected chi connectivity index (χ2v) is 4.41. The topological polar surface area (TPSA) is 54.7 Å². The molecule has 2 rings (SSSR count). The SMILES string of the molecule is CC1=Nc2ccc(OCCO)nc2C1(C)C. The number of aromatic nitrogens is 1. The summed E-state index contributed by atoms with van der Waals surface area (Å²) in [6, 6.07) is 3.69. The molecule has 0 amide bonds. The third-order valence-electron chi connectivity index (χ3n) is 2.97. The minimum Gasteiger partial charge on any atom is -0.475 e. The maximum atomic E-state index is 8.69. The zero-order valence-electron chi connectivity index (χ0n) is 9.82. The number of hydrogen-bond acceptors (Lipinski definition) is 4. The summed E-state index contributed by atoms with van der Waals surface area (Å²) in [5.41, 5.74) is 2.79. The van der Waals surface area contributed by atoms with Gasteiger partial charge < -0.3 is 9.84 Å². The molecule has 0 fully saturated rings. The fourth-order valence-electron chi connectivity index (χ4n) is 1.71. The van der Waals surface area contributed by atoms with E-state index in [1.165, 1.54) is 0 Å². The molecule has 1 N–H and O–H groups in total. The predicted molar refractivity (Wildman–Crippen MR) is 62.6 cm³/mol. The van der Waals surface area contributed by atoms with E-state index in [9.17, 15) is 0 Å². The number of pyridine rings is 1. The van der Waals surface area contributed by atoms with Crippen molar-refractivity contribution in [1.82, 2.24) is 4.98 Å². The number of hydrogen-bond donors (Lipinski definition) is 1. The lowest BCUT2D eigenvalue weighted by molar-refractivity contribution is 0.196. The van der Waals surface area contributed by atoms with Gasteiger partial charge in [-0.3, -0.25) is 4.99 Å². The molecule has 4 nitrogen and oxygen atoms in total. The monoisotopic (exact) mass is 220 g/mol. The van der Waals surface area contributed by atoms with Gasteiger partial charge in [0.15, 0.2) is 0 Å². The predicted octanol–water partition coefficient (Wildman–Crippen LogP) is 1.84. The van der Waals surface area contributed by atoms with Gasteiger partial charge in [0.2, 0.25) is 5.88 Å². The van der Waals surface area contributed by atoms with Crippen LogP contribution in [0.4, 0.5) is 5.69 Å².